The van der Waals surface area contributed by atoms with Crippen LogP contribution in [0.2, 0.25) is 0 Å². The summed E-state index contributed by atoms with van der Waals surface area (Å²) in [6.45, 7) is 1.77. The third-order valence-corrected chi connectivity index (χ3v) is 10.9. The van der Waals surface area contributed by atoms with E-state index in [4.69, 9.17) is 0 Å². The van der Waals surface area contributed by atoms with Gasteiger partial charge in [0.25, 0.3) is 0 Å². The minimum Gasteiger partial charge on any atom is -0.371 e. The number of imide groups is 1. The summed E-state index contributed by atoms with van der Waals surface area (Å²) in [6.07, 6.45) is 1.65. The maximum Gasteiger partial charge on any atom is 0.421 e. The van der Waals surface area contributed by atoms with Crippen LogP contribution in [0, 0.1) is 5.82 Å². The number of nitrogens with one attached hydrogen (secondary N) is 3. The SMILES string of the molecule is CN(Cc1ccc(C2CCC(=O)NC2=O)c(F)c1)C1CCN(c2ccc(Nc3ncc(C(F)(F)F)c(NCc4nccnc4N(C)S(C)(=O)=O)n3)cc2)CC1. The third-order valence-electron chi connectivity index (χ3n) is 9.75. The minimum absolute atomic E-state index is 0.0397. The molecule has 14 nitrogen and oxygen atoms in total. The molecule has 2 aromatic carbocycles. The minimum atomic E-state index is -4.78. The van der Waals surface area contributed by atoms with E-state index < -0.39 is 45.2 Å². The number of nitrogens with zero attached hydrogens (tertiary/aromatic N) is 7. The van der Waals surface area contributed by atoms with Crippen molar-refractivity contribution >= 4 is 50.8 Å². The van der Waals surface area contributed by atoms with Crippen LogP contribution < -0.4 is 25.2 Å². The zero-order chi connectivity index (χ0) is 39.5. The van der Waals surface area contributed by atoms with Crippen molar-refractivity contribution in [2.75, 3.05) is 53.3 Å². The Morgan fingerprint density at radius 1 is 0.982 bits per heavy atom. The molecule has 2 saturated heterocycles. The van der Waals surface area contributed by atoms with Gasteiger partial charge in [0.05, 0.1) is 18.7 Å². The van der Waals surface area contributed by atoms with Crippen molar-refractivity contribution in [1.29, 1.82) is 0 Å². The highest BCUT2D eigenvalue weighted by Crippen LogP contribution is 2.35. The maximum atomic E-state index is 15.1. The Morgan fingerprint density at radius 2 is 1.69 bits per heavy atom. The second-order valence-electron chi connectivity index (χ2n) is 13.5. The Labute approximate surface area is 315 Å². The van der Waals surface area contributed by atoms with Crippen LogP contribution in [-0.2, 0) is 38.9 Å². The second kappa shape index (κ2) is 16.1. The van der Waals surface area contributed by atoms with Crippen LogP contribution in [0.15, 0.2) is 61.1 Å². The van der Waals surface area contributed by atoms with Crippen LogP contribution >= 0.6 is 0 Å². The molecule has 55 heavy (non-hydrogen) atoms. The lowest BCUT2D eigenvalue weighted by Crippen LogP contribution is -2.43. The van der Waals surface area contributed by atoms with Crippen LogP contribution in [0.25, 0.3) is 0 Å². The van der Waals surface area contributed by atoms with E-state index in [2.05, 4.69) is 45.7 Å². The molecule has 4 heterocycles. The van der Waals surface area contributed by atoms with Crippen molar-refractivity contribution in [1.82, 2.24) is 30.2 Å². The Morgan fingerprint density at radius 3 is 2.35 bits per heavy atom. The first kappa shape index (κ1) is 39.3. The molecule has 1 unspecified atom stereocenters. The smallest absolute Gasteiger partial charge is 0.371 e. The molecule has 19 heteroatoms. The highest BCUT2D eigenvalue weighted by molar-refractivity contribution is 7.92. The first-order valence-electron chi connectivity index (χ1n) is 17.4. The van der Waals surface area contributed by atoms with E-state index in [9.17, 15) is 31.2 Å². The predicted octanol–water partition coefficient (Wildman–Crippen LogP) is 4.80. The van der Waals surface area contributed by atoms with Gasteiger partial charge in [-0.15, -0.1) is 0 Å². The molecule has 2 aliphatic rings. The van der Waals surface area contributed by atoms with Gasteiger partial charge in [0.1, 0.15) is 22.9 Å². The molecule has 1 atom stereocenters. The Balaban J connectivity index is 1.05. The Kier molecular flexibility index (Phi) is 11.5. The number of hydrogen-bond acceptors (Lipinski definition) is 12. The summed E-state index contributed by atoms with van der Waals surface area (Å²) in [5.41, 5.74) is 1.58. The fourth-order valence-corrected chi connectivity index (χ4v) is 7.13. The molecule has 6 rings (SSSR count). The molecule has 2 aromatic heterocycles. The molecule has 2 amide bonds. The molecule has 2 fully saturated rings. The molecule has 0 radical (unpaired) electrons. The number of carbonyl (C=O) groups excluding carboxylic acids is 2. The summed E-state index contributed by atoms with van der Waals surface area (Å²) < 4.78 is 81.8. The van der Waals surface area contributed by atoms with Gasteiger partial charge in [-0.2, -0.15) is 18.2 Å². The number of amides is 2. The van der Waals surface area contributed by atoms with Crippen molar-refractivity contribution in [3.05, 3.63) is 89.3 Å². The van der Waals surface area contributed by atoms with Crippen molar-refractivity contribution in [3.63, 3.8) is 0 Å². The summed E-state index contributed by atoms with van der Waals surface area (Å²) in [6, 6.07) is 12.5. The first-order valence-corrected chi connectivity index (χ1v) is 19.3. The van der Waals surface area contributed by atoms with Crippen LogP contribution in [0.5, 0.6) is 0 Å². The van der Waals surface area contributed by atoms with E-state index in [0.717, 1.165) is 47.7 Å². The number of rotatable bonds is 12. The topological polar surface area (TPSA) is 166 Å². The average molecular weight is 785 g/mol. The molecular formula is C36H40F4N10O4S. The summed E-state index contributed by atoms with van der Waals surface area (Å²) in [5, 5.41) is 7.85. The number of alkyl halides is 3. The van der Waals surface area contributed by atoms with Crippen LogP contribution in [0.1, 0.15) is 54.0 Å². The van der Waals surface area contributed by atoms with Gasteiger partial charge in [0, 0.05) is 74.7 Å². The predicted molar refractivity (Wildman–Crippen MR) is 198 cm³/mol. The number of carbonyl (C=O) groups is 2. The third kappa shape index (κ3) is 9.45. The van der Waals surface area contributed by atoms with Crippen molar-refractivity contribution in [2.24, 2.45) is 0 Å². The molecule has 0 spiro atoms. The molecule has 4 aromatic rings. The lowest BCUT2D eigenvalue weighted by Gasteiger charge is -2.38. The van der Waals surface area contributed by atoms with Crippen LogP contribution in [0.4, 0.5) is 46.5 Å². The molecule has 0 saturated carbocycles. The average Bonchev–Trinajstić information content (AvgIpc) is 3.14. The molecule has 0 bridgehead atoms. The van der Waals surface area contributed by atoms with Gasteiger partial charge in [-0.25, -0.2) is 22.8 Å². The van der Waals surface area contributed by atoms with Gasteiger partial charge in [-0.3, -0.25) is 29.1 Å². The van der Waals surface area contributed by atoms with Gasteiger partial charge in [0.2, 0.25) is 27.8 Å². The van der Waals surface area contributed by atoms with Gasteiger partial charge in [0.15, 0.2) is 5.82 Å². The molecule has 2 aliphatic heterocycles. The molecule has 292 valence electrons. The largest absolute Gasteiger partial charge is 0.421 e. The lowest BCUT2D eigenvalue weighted by molar-refractivity contribution is -0.137. The van der Waals surface area contributed by atoms with Crippen LogP contribution in [0.3, 0.4) is 0 Å². The highest BCUT2D eigenvalue weighted by atomic mass is 32.2. The Bertz CT molecular complexity index is 2150. The number of anilines is 5. The van der Waals surface area contributed by atoms with E-state index in [1.165, 1.54) is 25.5 Å². The Hall–Kier alpha value is -5.43. The van der Waals surface area contributed by atoms with Crippen molar-refractivity contribution < 1.29 is 35.6 Å². The fourth-order valence-electron chi connectivity index (χ4n) is 6.66. The number of halogens is 4. The fraction of sp³-hybridized carbons (Fsp3) is 0.389. The van der Waals surface area contributed by atoms with Gasteiger partial charge < -0.3 is 15.5 Å². The standard InChI is InChI=1S/C36H40F4N10O4S/c1-48(21-22-4-9-26(29(37)18-22)27-10-11-31(51)46-34(27)52)24-12-16-50(17-13-24)25-7-5-23(6-8-25)45-35-44-19-28(36(38,39)40)32(47-35)43-20-30-33(42-15-14-41-30)49(2)55(3,53)54/h4-9,14-15,18-19,24,27H,10-13,16-17,20-21H2,1-3H3,(H,46,51,52)(H2,43,44,45,47). The van der Waals surface area contributed by atoms with Crippen LogP contribution in [-0.4, -0.2) is 84.6 Å². The number of piperidine rings is 2. The van der Waals surface area contributed by atoms with Gasteiger partial charge >= 0.3 is 6.18 Å². The van der Waals surface area contributed by atoms with Crippen molar-refractivity contribution in [3.8, 4) is 0 Å². The number of sulfonamides is 1. The molecule has 0 aliphatic carbocycles. The second-order valence-corrected chi connectivity index (χ2v) is 15.5. The normalized spacial score (nSPS) is 16.9. The number of aromatic nitrogens is 4. The van der Waals surface area contributed by atoms with E-state index in [0.29, 0.717) is 24.0 Å². The highest BCUT2D eigenvalue weighted by Gasteiger charge is 2.36. The van der Waals surface area contributed by atoms with E-state index in [-0.39, 0.29) is 48.8 Å². The van der Waals surface area contributed by atoms with Gasteiger partial charge in [-0.1, -0.05) is 12.1 Å². The van der Waals surface area contributed by atoms with E-state index in [1.54, 1.807) is 18.2 Å². The van der Waals surface area contributed by atoms with Crippen molar-refractivity contribution in [2.45, 2.75) is 56.9 Å². The summed E-state index contributed by atoms with van der Waals surface area (Å²) >= 11 is 0. The lowest BCUT2D eigenvalue weighted by atomic mass is 9.89. The zero-order valence-electron chi connectivity index (χ0n) is 30.3. The molecular weight excluding hydrogens is 745 g/mol. The first-order chi connectivity index (χ1) is 26.1. The molecule has 3 N–H and O–H groups in total. The van der Waals surface area contributed by atoms with E-state index >= 15 is 4.39 Å². The summed E-state index contributed by atoms with van der Waals surface area (Å²) in [4.78, 5) is 44.2. The number of benzene rings is 2. The number of hydrogen-bond donors (Lipinski definition) is 3. The van der Waals surface area contributed by atoms with Gasteiger partial charge in [-0.05, 0) is 62.2 Å². The summed E-state index contributed by atoms with van der Waals surface area (Å²) in [5.74, 6) is -2.60. The van der Waals surface area contributed by atoms with E-state index in [1.807, 2.05) is 25.2 Å². The monoisotopic (exact) mass is 784 g/mol. The quantitative estimate of drug-likeness (QED) is 0.133. The zero-order valence-corrected chi connectivity index (χ0v) is 31.1. The maximum absolute atomic E-state index is 15.1. The summed E-state index contributed by atoms with van der Waals surface area (Å²) in [7, 11) is -0.442.